The van der Waals surface area contributed by atoms with Crippen molar-refractivity contribution in [2.24, 2.45) is 0 Å². The van der Waals surface area contributed by atoms with Gasteiger partial charge in [0.25, 0.3) is 0 Å². The number of benzene rings is 1. The molecule has 6 atom stereocenters. The first-order valence-electron chi connectivity index (χ1n) is 12.0. The van der Waals surface area contributed by atoms with Gasteiger partial charge in [0.05, 0.1) is 26.1 Å². The highest BCUT2D eigenvalue weighted by atomic mass is 31.2. The summed E-state index contributed by atoms with van der Waals surface area (Å²) in [6.45, 7) is 5.06. The largest absolute Gasteiger partial charge is 0.476 e. The van der Waals surface area contributed by atoms with E-state index in [9.17, 15) is 14.5 Å². The van der Waals surface area contributed by atoms with Crippen molar-refractivity contribution in [2.45, 2.75) is 50.9 Å². The van der Waals surface area contributed by atoms with Crippen LogP contribution in [0.2, 0.25) is 0 Å². The SMILES string of the molecule is CCOC(=O)C(OP1(=O)OC[C@H]2O[C@@H](n3cnc4c(OCC)nc(N)nc43)[C@](C)(O)[C@@H]2O1)c1ccccc1. The van der Waals surface area contributed by atoms with Gasteiger partial charge >= 0.3 is 13.8 Å². The molecular formula is C23H28N5O9P. The average Bonchev–Trinajstić information content (AvgIpc) is 3.41. The first-order chi connectivity index (χ1) is 18.2. The lowest BCUT2D eigenvalue weighted by molar-refractivity contribution is -0.155. The van der Waals surface area contributed by atoms with Crippen molar-refractivity contribution in [3.05, 3.63) is 42.2 Å². The van der Waals surface area contributed by atoms with Crippen LogP contribution in [-0.2, 0) is 32.4 Å². The molecule has 2 aromatic heterocycles. The Bertz CT molecular complexity index is 1370. The molecule has 0 bridgehead atoms. The van der Waals surface area contributed by atoms with Crippen molar-refractivity contribution in [3.63, 3.8) is 0 Å². The number of hydrogen-bond acceptors (Lipinski definition) is 13. The van der Waals surface area contributed by atoms with Gasteiger partial charge in [-0.25, -0.2) is 14.3 Å². The first-order valence-corrected chi connectivity index (χ1v) is 13.5. The number of rotatable bonds is 8. The van der Waals surface area contributed by atoms with Crippen LogP contribution < -0.4 is 10.5 Å². The zero-order valence-electron chi connectivity index (χ0n) is 20.9. The number of imidazole rings is 1. The lowest BCUT2D eigenvalue weighted by Gasteiger charge is -2.35. The van der Waals surface area contributed by atoms with Gasteiger partial charge in [0.1, 0.15) is 17.8 Å². The maximum Gasteiger partial charge on any atom is 0.476 e. The third-order valence-electron chi connectivity index (χ3n) is 6.13. The van der Waals surface area contributed by atoms with Gasteiger partial charge in [-0.2, -0.15) is 9.97 Å². The summed E-state index contributed by atoms with van der Waals surface area (Å²) >= 11 is 0. The predicted molar refractivity (Wildman–Crippen MR) is 131 cm³/mol. The van der Waals surface area contributed by atoms with Crippen molar-refractivity contribution in [1.82, 2.24) is 19.5 Å². The van der Waals surface area contributed by atoms with Crippen molar-refractivity contribution in [2.75, 3.05) is 25.6 Å². The monoisotopic (exact) mass is 549 g/mol. The molecule has 0 spiro atoms. The summed E-state index contributed by atoms with van der Waals surface area (Å²) in [5, 5.41) is 11.6. The van der Waals surface area contributed by atoms with Crippen LogP contribution in [0.4, 0.5) is 5.95 Å². The summed E-state index contributed by atoms with van der Waals surface area (Å²) in [5.74, 6) is -0.629. The second kappa shape index (κ2) is 10.2. The van der Waals surface area contributed by atoms with Crippen LogP contribution in [0.25, 0.3) is 11.2 Å². The van der Waals surface area contributed by atoms with E-state index in [4.69, 9.17) is 33.5 Å². The second-order valence-electron chi connectivity index (χ2n) is 8.81. The molecule has 4 heterocycles. The van der Waals surface area contributed by atoms with E-state index in [0.717, 1.165) is 0 Å². The van der Waals surface area contributed by atoms with Crippen LogP contribution in [0.1, 0.15) is 38.7 Å². The molecule has 2 aliphatic rings. The molecule has 2 fully saturated rings. The van der Waals surface area contributed by atoms with Gasteiger partial charge < -0.3 is 25.1 Å². The average molecular weight is 549 g/mol. The first kappa shape index (κ1) is 26.5. The standard InChI is InChI=1S/C23H28N5O9P/c1-4-32-19-15-18(26-22(24)27-19)28(12-25-15)21-23(3,30)17-14(35-21)11-34-38(31,37-17)36-16(20(29)33-5-2)13-9-7-6-8-10-13/h6-10,12,14,16-17,21,30H,4-5,11H2,1-3H3,(H2,24,26,27)/t14-,16?,17-,21-,23-,38?/m1/s1. The van der Waals surface area contributed by atoms with E-state index in [1.165, 1.54) is 17.8 Å². The molecule has 2 saturated heterocycles. The Morgan fingerprint density at radius 3 is 2.76 bits per heavy atom. The van der Waals surface area contributed by atoms with Crippen molar-refractivity contribution < 1.29 is 42.2 Å². The number of phosphoric ester groups is 1. The molecule has 204 valence electrons. The minimum Gasteiger partial charge on any atom is -0.476 e. The highest BCUT2D eigenvalue weighted by Gasteiger charge is 2.61. The molecule has 3 N–H and O–H groups in total. The second-order valence-corrected chi connectivity index (χ2v) is 10.4. The number of nitrogen functional groups attached to an aromatic ring is 1. The Morgan fingerprint density at radius 1 is 1.29 bits per heavy atom. The van der Waals surface area contributed by atoms with Crippen molar-refractivity contribution in [1.29, 1.82) is 0 Å². The van der Waals surface area contributed by atoms with Crippen LogP contribution >= 0.6 is 7.82 Å². The number of aliphatic hydroxyl groups is 1. The molecule has 2 unspecified atom stereocenters. The Kier molecular flexibility index (Phi) is 7.11. The molecule has 38 heavy (non-hydrogen) atoms. The zero-order chi connectivity index (χ0) is 27.1. The fourth-order valence-electron chi connectivity index (χ4n) is 4.46. The van der Waals surface area contributed by atoms with E-state index in [-0.39, 0.29) is 30.7 Å². The number of nitrogens with zero attached hydrogens (tertiary/aromatic N) is 4. The van der Waals surface area contributed by atoms with Gasteiger partial charge in [0.15, 0.2) is 23.5 Å². The van der Waals surface area contributed by atoms with Gasteiger partial charge in [-0.3, -0.25) is 18.1 Å². The van der Waals surface area contributed by atoms with Crippen LogP contribution in [0.3, 0.4) is 0 Å². The third-order valence-corrected chi connectivity index (χ3v) is 7.55. The van der Waals surface area contributed by atoms with E-state index in [0.29, 0.717) is 17.7 Å². The van der Waals surface area contributed by atoms with E-state index in [2.05, 4.69) is 15.0 Å². The van der Waals surface area contributed by atoms with Gasteiger partial charge in [-0.15, -0.1) is 0 Å². The molecule has 0 radical (unpaired) electrons. The highest BCUT2D eigenvalue weighted by Crippen LogP contribution is 2.61. The molecule has 0 saturated carbocycles. The van der Waals surface area contributed by atoms with E-state index < -0.39 is 43.9 Å². The Morgan fingerprint density at radius 2 is 2.05 bits per heavy atom. The summed E-state index contributed by atoms with van der Waals surface area (Å²) < 4.78 is 48.6. The number of esters is 1. The number of anilines is 1. The van der Waals surface area contributed by atoms with E-state index >= 15 is 0 Å². The lowest BCUT2D eigenvalue weighted by Crippen LogP contribution is -2.47. The smallest absolute Gasteiger partial charge is 0.476 e. The normalized spacial score (nSPS) is 29.6. The van der Waals surface area contributed by atoms with Gasteiger partial charge in [-0.05, 0) is 26.3 Å². The number of fused-ring (bicyclic) bond motifs is 2. The van der Waals surface area contributed by atoms with Gasteiger partial charge in [-0.1, -0.05) is 30.3 Å². The van der Waals surface area contributed by atoms with Crippen LogP contribution in [0, 0.1) is 0 Å². The summed E-state index contributed by atoms with van der Waals surface area (Å²) in [5.41, 5.74) is 5.07. The molecule has 3 aromatic rings. The Labute approximate surface area is 217 Å². The minimum atomic E-state index is -4.37. The molecule has 1 aromatic carbocycles. The lowest BCUT2D eigenvalue weighted by atomic mass is 9.96. The van der Waals surface area contributed by atoms with Crippen LogP contribution in [0.5, 0.6) is 5.88 Å². The topological polar surface area (TPSA) is 179 Å². The zero-order valence-corrected chi connectivity index (χ0v) is 21.8. The maximum absolute atomic E-state index is 13.6. The quantitative estimate of drug-likeness (QED) is 0.309. The van der Waals surface area contributed by atoms with E-state index in [1.807, 2.05) is 0 Å². The molecule has 5 rings (SSSR count). The minimum absolute atomic E-state index is 0.0545. The molecule has 0 amide bonds. The van der Waals surface area contributed by atoms with Gasteiger partial charge in [0.2, 0.25) is 11.8 Å². The third kappa shape index (κ3) is 4.75. The summed E-state index contributed by atoms with van der Waals surface area (Å²) in [6, 6.07) is 8.40. The fourth-order valence-corrected chi connectivity index (χ4v) is 6.05. The number of ether oxygens (including phenoxy) is 3. The van der Waals surface area contributed by atoms with E-state index in [1.54, 1.807) is 44.2 Å². The summed E-state index contributed by atoms with van der Waals surface area (Å²) in [4.78, 5) is 25.3. The highest BCUT2D eigenvalue weighted by molar-refractivity contribution is 7.48. The maximum atomic E-state index is 13.6. The molecule has 14 nitrogen and oxygen atoms in total. The summed E-state index contributed by atoms with van der Waals surface area (Å²) in [7, 11) is -4.37. The van der Waals surface area contributed by atoms with Crippen LogP contribution in [-0.4, -0.2) is 68.2 Å². The van der Waals surface area contributed by atoms with Crippen molar-refractivity contribution >= 4 is 30.9 Å². The number of hydrogen-bond donors (Lipinski definition) is 2. The Balaban J connectivity index is 1.43. The fraction of sp³-hybridized carbons (Fsp3) is 0.478. The number of aromatic nitrogens is 4. The number of carbonyl (C=O) groups excluding carboxylic acids is 1. The molecular weight excluding hydrogens is 521 g/mol. The molecule has 0 aliphatic carbocycles. The number of phosphoric acid groups is 1. The summed E-state index contributed by atoms with van der Waals surface area (Å²) in [6.07, 6.45) is -3.05. The van der Waals surface area contributed by atoms with Gasteiger partial charge in [0, 0.05) is 0 Å². The molecule has 15 heteroatoms. The van der Waals surface area contributed by atoms with Crippen molar-refractivity contribution in [3.8, 4) is 5.88 Å². The Hall–Kier alpha value is -3.13. The van der Waals surface area contributed by atoms with Crippen LogP contribution in [0.15, 0.2) is 36.7 Å². The predicted octanol–water partition coefficient (Wildman–Crippen LogP) is 2.30. The number of nitrogens with two attached hydrogens (primary N) is 1. The number of carbonyl (C=O) groups is 1. The molecule has 2 aliphatic heterocycles.